The molecule has 1 aromatic heterocycles. The third-order valence-electron chi connectivity index (χ3n) is 2.26. The van der Waals surface area contributed by atoms with Gasteiger partial charge >= 0.3 is 5.97 Å². The van der Waals surface area contributed by atoms with Gasteiger partial charge in [-0.05, 0) is 19.1 Å². The van der Waals surface area contributed by atoms with Gasteiger partial charge in [0.05, 0.1) is 0 Å². The molecule has 1 amide bonds. The van der Waals surface area contributed by atoms with Crippen LogP contribution in [0.4, 0.5) is 5.82 Å². The third-order valence-corrected chi connectivity index (χ3v) is 3.28. The monoisotopic (exact) mass is 287 g/mol. The van der Waals surface area contributed by atoms with Crippen molar-refractivity contribution in [1.29, 1.82) is 0 Å². The predicted molar refractivity (Wildman–Crippen MR) is 72.0 cm³/mol. The number of amides is 1. The predicted octanol–water partition coefficient (Wildman–Crippen LogP) is 0.847. The third kappa shape index (κ3) is 6.25. The Morgan fingerprint density at radius 2 is 2.32 bits per heavy atom. The van der Waals surface area contributed by atoms with Crippen LogP contribution < -0.4 is 11.1 Å². The normalized spacial score (nSPS) is 12.1. The van der Waals surface area contributed by atoms with Crippen molar-refractivity contribution in [3.63, 3.8) is 0 Å². The zero-order chi connectivity index (χ0) is 14.3. The lowest BCUT2D eigenvalue weighted by atomic mass is 10.2. The first kappa shape index (κ1) is 15.5. The summed E-state index contributed by atoms with van der Waals surface area (Å²) in [4.78, 5) is 22.0. The molecule has 1 unspecified atom stereocenters. The number of nitrogens with zero attached hydrogens (tertiary/aromatic N) is 1. The molecule has 0 saturated heterocycles. The topological polar surface area (TPSA) is 118 Å². The number of anilines is 1. The number of hydrogen-bond donors (Lipinski definition) is 3. The van der Waals surface area contributed by atoms with Crippen LogP contribution in [-0.4, -0.2) is 39.7 Å². The first-order valence-electron chi connectivity index (χ1n) is 5.78. The molecule has 1 rings (SSSR count). The van der Waals surface area contributed by atoms with Gasteiger partial charge in [0, 0.05) is 18.2 Å². The van der Waals surface area contributed by atoms with Crippen molar-refractivity contribution in [2.45, 2.75) is 25.8 Å². The van der Waals surface area contributed by atoms with Gasteiger partial charge < -0.3 is 20.7 Å². The molecule has 1 aromatic rings. The number of carboxylic acids is 1. The molecule has 0 aromatic carbocycles. The van der Waals surface area contributed by atoms with E-state index in [1.807, 2.05) is 0 Å². The number of thioether (sulfide) groups is 1. The number of carboxylic acid groups (broad SMARTS) is 1. The maximum Gasteiger partial charge on any atom is 0.320 e. The highest BCUT2D eigenvalue weighted by Crippen LogP contribution is 2.10. The van der Waals surface area contributed by atoms with E-state index in [1.54, 1.807) is 13.0 Å². The maximum absolute atomic E-state index is 11.5. The second kappa shape index (κ2) is 7.80. The van der Waals surface area contributed by atoms with Crippen LogP contribution >= 0.6 is 11.8 Å². The lowest BCUT2D eigenvalue weighted by Gasteiger charge is -2.05. The minimum atomic E-state index is -1.00. The van der Waals surface area contributed by atoms with Gasteiger partial charge in [0.15, 0.2) is 5.82 Å². The lowest BCUT2D eigenvalue weighted by molar-refractivity contribution is -0.138. The largest absolute Gasteiger partial charge is 0.480 e. The van der Waals surface area contributed by atoms with Gasteiger partial charge in [-0.2, -0.15) is 11.8 Å². The fourth-order valence-electron chi connectivity index (χ4n) is 1.23. The number of carbonyl (C=O) groups is 2. The Labute approximate surface area is 114 Å². The zero-order valence-corrected chi connectivity index (χ0v) is 11.4. The second-order valence-electron chi connectivity index (χ2n) is 3.97. The van der Waals surface area contributed by atoms with Gasteiger partial charge in [-0.3, -0.25) is 9.59 Å². The number of rotatable bonds is 8. The molecule has 1 heterocycles. The van der Waals surface area contributed by atoms with Crippen LogP contribution in [0.3, 0.4) is 0 Å². The van der Waals surface area contributed by atoms with Crippen LogP contribution in [0.25, 0.3) is 0 Å². The molecule has 0 bridgehead atoms. The Kier molecular flexibility index (Phi) is 6.37. The molecule has 106 valence electrons. The molecule has 0 spiro atoms. The SMILES string of the molecule is Cc1cc(NC(=O)CCSCCC(N)C(=O)O)no1. The number of nitrogens with two attached hydrogens (primary N) is 1. The Balaban J connectivity index is 2.09. The Hall–Kier alpha value is -1.54. The highest BCUT2D eigenvalue weighted by molar-refractivity contribution is 7.99. The molecule has 0 aliphatic rings. The number of carbonyl (C=O) groups excluding carboxylic acids is 1. The summed E-state index contributed by atoms with van der Waals surface area (Å²) in [7, 11) is 0. The quantitative estimate of drug-likeness (QED) is 0.606. The van der Waals surface area contributed by atoms with Crippen LogP contribution in [0.5, 0.6) is 0 Å². The fourth-order valence-corrected chi connectivity index (χ4v) is 2.19. The van der Waals surface area contributed by atoms with E-state index < -0.39 is 12.0 Å². The number of aliphatic carboxylic acids is 1. The van der Waals surface area contributed by atoms with Crippen molar-refractivity contribution in [3.8, 4) is 0 Å². The maximum atomic E-state index is 11.5. The summed E-state index contributed by atoms with van der Waals surface area (Å²) in [5.41, 5.74) is 5.35. The Morgan fingerprint density at radius 3 is 2.89 bits per heavy atom. The molecule has 0 aliphatic heterocycles. The van der Waals surface area contributed by atoms with Crippen LogP contribution in [0.2, 0.25) is 0 Å². The average molecular weight is 287 g/mol. The number of aromatic nitrogens is 1. The first-order chi connectivity index (χ1) is 8.99. The standard InChI is InChI=1S/C11H17N3O4S/c1-7-6-9(14-18-7)13-10(15)3-5-19-4-2-8(12)11(16)17/h6,8H,2-5,12H2,1H3,(H,16,17)(H,13,14,15). The molecular formula is C11H17N3O4S. The van der Waals surface area contributed by atoms with Crippen LogP contribution in [-0.2, 0) is 9.59 Å². The number of aryl methyl sites for hydroxylation is 1. The molecule has 8 heteroatoms. The Morgan fingerprint density at radius 1 is 1.58 bits per heavy atom. The van der Waals surface area contributed by atoms with Crippen molar-refractivity contribution in [2.24, 2.45) is 5.73 Å². The molecule has 0 fully saturated rings. The van der Waals surface area contributed by atoms with Gasteiger partial charge in [0.1, 0.15) is 11.8 Å². The summed E-state index contributed by atoms with van der Waals surface area (Å²) in [6, 6.07) is 0.802. The Bertz CT molecular complexity index is 435. The van der Waals surface area contributed by atoms with Gasteiger partial charge in [0.2, 0.25) is 5.91 Å². The van der Waals surface area contributed by atoms with E-state index in [2.05, 4.69) is 10.5 Å². The van der Waals surface area contributed by atoms with E-state index in [-0.39, 0.29) is 5.91 Å². The minimum Gasteiger partial charge on any atom is -0.480 e. The smallest absolute Gasteiger partial charge is 0.320 e. The second-order valence-corrected chi connectivity index (χ2v) is 5.19. The van der Waals surface area contributed by atoms with Gasteiger partial charge in [-0.25, -0.2) is 0 Å². The van der Waals surface area contributed by atoms with E-state index in [4.69, 9.17) is 15.4 Å². The molecule has 0 aliphatic carbocycles. The molecule has 4 N–H and O–H groups in total. The van der Waals surface area contributed by atoms with Crippen molar-refractivity contribution >= 4 is 29.5 Å². The molecule has 0 radical (unpaired) electrons. The highest BCUT2D eigenvalue weighted by Gasteiger charge is 2.11. The minimum absolute atomic E-state index is 0.150. The van der Waals surface area contributed by atoms with Crippen molar-refractivity contribution < 1.29 is 19.2 Å². The first-order valence-corrected chi connectivity index (χ1v) is 6.94. The molecule has 0 saturated carbocycles. The van der Waals surface area contributed by atoms with Crippen molar-refractivity contribution in [1.82, 2.24) is 5.16 Å². The number of hydrogen-bond acceptors (Lipinski definition) is 6. The fraction of sp³-hybridized carbons (Fsp3) is 0.545. The summed E-state index contributed by atoms with van der Waals surface area (Å²) in [5, 5.41) is 14.8. The molecule has 19 heavy (non-hydrogen) atoms. The van der Waals surface area contributed by atoms with E-state index in [0.717, 1.165) is 0 Å². The van der Waals surface area contributed by atoms with E-state index in [9.17, 15) is 9.59 Å². The highest BCUT2D eigenvalue weighted by atomic mass is 32.2. The zero-order valence-electron chi connectivity index (χ0n) is 10.6. The average Bonchev–Trinajstić information content (AvgIpc) is 2.73. The molecular weight excluding hydrogens is 270 g/mol. The van der Waals surface area contributed by atoms with Crippen molar-refractivity contribution in [3.05, 3.63) is 11.8 Å². The summed E-state index contributed by atoms with van der Waals surface area (Å²) in [6.45, 7) is 1.74. The van der Waals surface area contributed by atoms with Crippen molar-refractivity contribution in [2.75, 3.05) is 16.8 Å². The van der Waals surface area contributed by atoms with Gasteiger partial charge in [0.25, 0.3) is 0 Å². The van der Waals surface area contributed by atoms with E-state index in [1.165, 1.54) is 11.8 Å². The molecule has 1 atom stereocenters. The number of nitrogens with one attached hydrogen (secondary N) is 1. The summed E-state index contributed by atoms with van der Waals surface area (Å²) < 4.78 is 4.82. The van der Waals surface area contributed by atoms with Gasteiger partial charge in [-0.15, -0.1) is 0 Å². The summed E-state index contributed by atoms with van der Waals surface area (Å²) >= 11 is 1.50. The lowest BCUT2D eigenvalue weighted by Crippen LogP contribution is -2.30. The summed E-state index contributed by atoms with van der Waals surface area (Å²) in [5.74, 6) is 1.11. The van der Waals surface area contributed by atoms with Crippen LogP contribution in [0.15, 0.2) is 10.6 Å². The van der Waals surface area contributed by atoms with Crippen LogP contribution in [0.1, 0.15) is 18.6 Å². The molecule has 7 nitrogen and oxygen atoms in total. The van der Waals surface area contributed by atoms with Crippen LogP contribution in [0, 0.1) is 6.92 Å². The van der Waals surface area contributed by atoms with E-state index in [0.29, 0.717) is 35.9 Å². The van der Waals surface area contributed by atoms with E-state index >= 15 is 0 Å². The summed E-state index contributed by atoms with van der Waals surface area (Å²) in [6.07, 6.45) is 0.725. The van der Waals surface area contributed by atoms with Gasteiger partial charge in [-0.1, -0.05) is 5.16 Å².